The molecule has 0 saturated carbocycles. The third-order valence-corrected chi connectivity index (χ3v) is 4.53. The zero-order chi connectivity index (χ0) is 15.1. The molecule has 118 valence electrons. The van der Waals surface area contributed by atoms with Crippen LogP contribution in [0.2, 0.25) is 5.02 Å². The molecule has 0 aromatic heterocycles. The van der Waals surface area contributed by atoms with Gasteiger partial charge in [0.25, 0.3) is 0 Å². The predicted octanol–water partition coefficient (Wildman–Crippen LogP) is 3.24. The normalized spacial score (nSPS) is 18.0. The molecule has 2 rings (SSSR count). The molecule has 4 heteroatoms. The smallest absolute Gasteiger partial charge is 0.0407 e. The Bertz CT molecular complexity index is 399. The highest BCUT2D eigenvalue weighted by Gasteiger charge is 2.20. The van der Waals surface area contributed by atoms with E-state index in [1.165, 1.54) is 18.5 Å². The van der Waals surface area contributed by atoms with Gasteiger partial charge in [0.15, 0.2) is 0 Å². The molecule has 1 saturated heterocycles. The van der Waals surface area contributed by atoms with Crippen molar-refractivity contribution in [1.82, 2.24) is 10.2 Å². The average molecular weight is 310 g/mol. The van der Waals surface area contributed by atoms with Gasteiger partial charge in [0.2, 0.25) is 0 Å². The minimum Gasteiger partial charge on any atom is -0.369 e. The van der Waals surface area contributed by atoms with E-state index in [9.17, 15) is 0 Å². The van der Waals surface area contributed by atoms with Gasteiger partial charge in [-0.05, 0) is 44.2 Å². The third-order valence-electron chi connectivity index (χ3n) is 4.28. The molecule has 0 aliphatic carbocycles. The van der Waals surface area contributed by atoms with Crippen LogP contribution in [0.4, 0.5) is 5.69 Å². The van der Waals surface area contributed by atoms with Gasteiger partial charge >= 0.3 is 0 Å². The molecule has 1 atom stereocenters. The molecule has 1 N–H and O–H groups in total. The predicted molar refractivity (Wildman–Crippen MR) is 92.5 cm³/mol. The first-order valence-corrected chi connectivity index (χ1v) is 8.53. The Morgan fingerprint density at radius 1 is 1.14 bits per heavy atom. The van der Waals surface area contributed by atoms with Gasteiger partial charge in [0.1, 0.15) is 0 Å². The maximum absolute atomic E-state index is 5.95. The highest BCUT2D eigenvalue weighted by Crippen LogP contribution is 2.19. The first-order chi connectivity index (χ1) is 10.2. The number of anilines is 1. The van der Waals surface area contributed by atoms with Crippen LogP contribution in [0.15, 0.2) is 24.3 Å². The molecule has 1 heterocycles. The molecular formula is C17H28ClN3. The second-order valence-electron chi connectivity index (χ2n) is 5.91. The van der Waals surface area contributed by atoms with Crippen molar-refractivity contribution in [3.63, 3.8) is 0 Å². The Balaban J connectivity index is 1.73. The van der Waals surface area contributed by atoms with Gasteiger partial charge in [-0.3, -0.25) is 4.90 Å². The molecule has 21 heavy (non-hydrogen) atoms. The van der Waals surface area contributed by atoms with E-state index in [-0.39, 0.29) is 0 Å². The second-order valence-corrected chi connectivity index (χ2v) is 6.34. The van der Waals surface area contributed by atoms with Gasteiger partial charge in [0, 0.05) is 49.5 Å². The first kappa shape index (κ1) is 16.6. The van der Waals surface area contributed by atoms with Crippen molar-refractivity contribution in [2.75, 3.05) is 44.2 Å². The second kappa shape index (κ2) is 8.62. The molecule has 0 radical (unpaired) electrons. The van der Waals surface area contributed by atoms with E-state index in [2.05, 4.69) is 41.1 Å². The minimum absolute atomic E-state index is 0.620. The van der Waals surface area contributed by atoms with E-state index in [1.54, 1.807) is 0 Å². The van der Waals surface area contributed by atoms with Gasteiger partial charge in [-0.25, -0.2) is 0 Å². The summed E-state index contributed by atoms with van der Waals surface area (Å²) in [4.78, 5) is 5.04. The zero-order valence-electron chi connectivity index (χ0n) is 13.3. The molecule has 3 nitrogen and oxygen atoms in total. The van der Waals surface area contributed by atoms with Crippen molar-refractivity contribution in [2.45, 2.75) is 32.7 Å². The van der Waals surface area contributed by atoms with Gasteiger partial charge in [0.05, 0.1) is 0 Å². The lowest BCUT2D eigenvalue weighted by Gasteiger charge is -2.39. The van der Waals surface area contributed by atoms with E-state index in [1.807, 2.05) is 12.1 Å². The van der Waals surface area contributed by atoms with Crippen LogP contribution in [0.3, 0.4) is 0 Å². The number of piperazine rings is 1. The molecule has 1 unspecified atom stereocenters. The van der Waals surface area contributed by atoms with Crippen LogP contribution in [0.25, 0.3) is 0 Å². The summed E-state index contributed by atoms with van der Waals surface area (Å²) in [6, 6.07) is 8.81. The van der Waals surface area contributed by atoms with E-state index in [0.29, 0.717) is 6.04 Å². The van der Waals surface area contributed by atoms with Crippen molar-refractivity contribution in [2.24, 2.45) is 0 Å². The Kier molecular flexibility index (Phi) is 6.81. The fourth-order valence-corrected chi connectivity index (χ4v) is 2.94. The number of benzene rings is 1. The quantitative estimate of drug-likeness (QED) is 0.780. The van der Waals surface area contributed by atoms with Crippen LogP contribution in [0, 0.1) is 0 Å². The number of hydrogen-bond donors (Lipinski definition) is 1. The van der Waals surface area contributed by atoms with E-state index in [4.69, 9.17) is 11.6 Å². The molecule has 1 aromatic rings. The van der Waals surface area contributed by atoms with Crippen LogP contribution in [-0.2, 0) is 0 Å². The largest absolute Gasteiger partial charge is 0.369 e. The highest BCUT2D eigenvalue weighted by atomic mass is 35.5. The third kappa shape index (κ3) is 5.17. The summed E-state index contributed by atoms with van der Waals surface area (Å²) >= 11 is 5.95. The summed E-state index contributed by atoms with van der Waals surface area (Å²) in [5.41, 5.74) is 1.28. The summed E-state index contributed by atoms with van der Waals surface area (Å²) in [6.45, 7) is 11.3. The van der Waals surface area contributed by atoms with E-state index < -0.39 is 0 Å². The fourth-order valence-electron chi connectivity index (χ4n) is 2.81. The van der Waals surface area contributed by atoms with Crippen LogP contribution < -0.4 is 10.2 Å². The summed E-state index contributed by atoms with van der Waals surface area (Å²) in [7, 11) is 0. The molecule has 0 amide bonds. The van der Waals surface area contributed by atoms with Crippen molar-refractivity contribution in [3.05, 3.63) is 29.3 Å². The molecule has 1 aliphatic heterocycles. The van der Waals surface area contributed by atoms with Crippen LogP contribution in [0.5, 0.6) is 0 Å². The van der Waals surface area contributed by atoms with Gasteiger partial charge < -0.3 is 10.2 Å². The number of hydrogen-bond acceptors (Lipinski definition) is 3. The monoisotopic (exact) mass is 309 g/mol. The topological polar surface area (TPSA) is 18.5 Å². The molecule has 0 bridgehead atoms. The molecular weight excluding hydrogens is 282 g/mol. The lowest BCUT2D eigenvalue weighted by atomic mass is 10.2. The van der Waals surface area contributed by atoms with Crippen molar-refractivity contribution in [1.29, 1.82) is 0 Å². The number of unbranched alkanes of at least 4 members (excludes halogenated alkanes) is 1. The van der Waals surface area contributed by atoms with Crippen LogP contribution in [-0.4, -0.2) is 50.2 Å². The lowest BCUT2D eigenvalue weighted by molar-refractivity contribution is 0.193. The van der Waals surface area contributed by atoms with E-state index in [0.717, 1.165) is 44.3 Å². The minimum atomic E-state index is 0.620. The van der Waals surface area contributed by atoms with Gasteiger partial charge in [-0.1, -0.05) is 24.9 Å². The number of rotatable bonds is 7. The maximum Gasteiger partial charge on any atom is 0.0407 e. The standard InChI is InChI=1S/C17H28ClN3/c1-3-4-9-19-14-15(2)20-10-12-21(13-11-20)17-7-5-16(18)6-8-17/h5-8,15,19H,3-4,9-14H2,1-2H3. The summed E-state index contributed by atoms with van der Waals surface area (Å²) in [5.74, 6) is 0. The van der Waals surface area contributed by atoms with Crippen molar-refractivity contribution >= 4 is 17.3 Å². The fraction of sp³-hybridized carbons (Fsp3) is 0.647. The Morgan fingerprint density at radius 3 is 2.43 bits per heavy atom. The molecule has 0 spiro atoms. The Hall–Kier alpha value is -0.770. The first-order valence-electron chi connectivity index (χ1n) is 8.16. The van der Waals surface area contributed by atoms with Crippen LogP contribution >= 0.6 is 11.6 Å². The SMILES string of the molecule is CCCCNCC(C)N1CCN(c2ccc(Cl)cc2)CC1. The molecule has 1 aliphatic rings. The molecule has 1 aromatic carbocycles. The lowest BCUT2D eigenvalue weighted by Crippen LogP contribution is -2.52. The Labute approximate surface area is 134 Å². The summed E-state index contributed by atoms with van der Waals surface area (Å²) in [5, 5.41) is 4.37. The Morgan fingerprint density at radius 2 is 1.81 bits per heavy atom. The van der Waals surface area contributed by atoms with Crippen molar-refractivity contribution < 1.29 is 0 Å². The summed E-state index contributed by atoms with van der Waals surface area (Å²) < 4.78 is 0. The zero-order valence-corrected chi connectivity index (χ0v) is 14.1. The van der Waals surface area contributed by atoms with Gasteiger partial charge in [-0.2, -0.15) is 0 Å². The average Bonchev–Trinajstić information content (AvgIpc) is 2.52. The number of halogens is 1. The van der Waals surface area contributed by atoms with Crippen LogP contribution in [0.1, 0.15) is 26.7 Å². The molecule has 1 fully saturated rings. The van der Waals surface area contributed by atoms with Crippen molar-refractivity contribution in [3.8, 4) is 0 Å². The van der Waals surface area contributed by atoms with Gasteiger partial charge in [-0.15, -0.1) is 0 Å². The number of nitrogens with one attached hydrogen (secondary N) is 1. The van der Waals surface area contributed by atoms with E-state index >= 15 is 0 Å². The highest BCUT2D eigenvalue weighted by molar-refractivity contribution is 6.30. The number of nitrogens with zero attached hydrogens (tertiary/aromatic N) is 2. The maximum atomic E-state index is 5.95. The summed E-state index contributed by atoms with van der Waals surface area (Å²) in [6.07, 6.45) is 2.54.